The summed E-state index contributed by atoms with van der Waals surface area (Å²) in [5, 5.41) is 3.55. The second-order valence-corrected chi connectivity index (χ2v) is 6.85. The van der Waals surface area contributed by atoms with E-state index in [1.54, 1.807) is 0 Å². The maximum absolute atomic E-state index is 11.9. The van der Waals surface area contributed by atoms with Gasteiger partial charge in [-0.15, -0.1) is 11.3 Å². The zero-order valence-corrected chi connectivity index (χ0v) is 13.6. The van der Waals surface area contributed by atoms with Gasteiger partial charge in [-0.25, -0.2) is 0 Å². The van der Waals surface area contributed by atoms with Crippen LogP contribution in [0.4, 0.5) is 5.00 Å². The Labute approximate surface area is 130 Å². The number of primary amides is 1. The van der Waals surface area contributed by atoms with E-state index in [2.05, 4.69) is 19.2 Å². The van der Waals surface area contributed by atoms with Crippen molar-refractivity contribution in [3.8, 4) is 0 Å². The molecule has 2 rings (SSSR count). The monoisotopic (exact) mass is 308 g/mol. The zero-order chi connectivity index (χ0) is 15.4. The number of thiophene rings is 1. The van der Waals surface area contributed by atoms with Crippen molar-refractivity contribution in [3.05, 3.63) is 16.0 Å². The van der Waals surface area contributed by atoms with Crippen molar-refractivity contribution < 1.29 is 9.59 Å². The number of carbonyl (C=O) groups excluding carboxylic acids is 2. The number of carbonyl (C=O) groups is 2. The molecule has 0 saturated heterocycles. The van der Waals surface area contributed by atoms with Crippen LogP contribution in [0.2, 0.25) is 0 Å². The number of rotatable bonds is 6. The van der Waals surface area contributed by atoms with Crippen molar-refractivity contribution in [3.63, 3.8) is 0 Å². The van der Waals surface area contributed by atoms with Crippen LogP contribution >= 0.6 is 11.3 Å². The first-order chi connectivity index (χ1) is 10.1. The maximum Gasteiger partial charge on any atom is 0.251 e. The lowest BCUT2D eigenvalue weighted by Crippen LogP contribution is -2.19. The van der Waals surface area contributed by atoms with Gasteiger partial charge in [0.1, 0.15) is 5.00 Å². The third-order valence-electron chi connectivity index (χ3n) is 4.20. The van der Waals surface area contributed by atoms with Gasteiger partial charge in [-0.3, -0.25) is 9.59 Å². The molecule has 0 saturated carbocycles. The highest BCUT2D eigenvalue weighted by Gasteiger charge is 2.27. The SMILES string of the molecule is CCCCC(=O)Nc1sc2c(c1C(N)=O)CC[C@@H](CC)C2. The highest BCUT2D eigenvalue weighted by molar-refractivity contribution is 7.17. The van der Waals surface area contributed by atoms with Crippen molar-refractivity contribution in [1.82, 2.24) is 0 Å². The molecule has 1 atom stereocenters. The molecule has 3 N–H and O–H groups in total. The molecule has 1 heterocycles. The van der Waals surface area contributed by atoms with E-state index in [9.17, 15) is 9.59 Å². The molecular formula is C16H24N2O2S. The number of nitrogens with one attached hydrogen (secondary N) is 1. The van der Waals surface area contributed by atoms with Crippen molar-refractivity contribution in [1.29, 1.82) is 0 Å². The van der Waals surface area contributed by atoms with E-state index in [4.69, 9.17) is 5.73 Å². The first-order valence-corrected chi connectivity index (χ1v) is 8.62. The molecule has 0 aliphatic heterocycles. The van der Waals surface area contributed by atoms with E-state index >= 15 is 0 Å². The van der Waals surface area contributed by atoms with Crippen LogP contribution in [-0.2, 0) is 17.6 Å². The van der Waals surface area contributed by atoms with Crippen LogP contribution in [0.25, 0.3) is 0 Å². The van der Waals surface area contributed by atoms with E-state index in [1.165, 1.54) is 16.2 Å². The van der Waals surface area contributed by atoms with Crippen LogP contribution in [0.1, 0.15) is 66.8 Å². The highest BCUT2D eigenvalue weighted by Crippen LogP contribution is 2.40. The molecule has 0 spiro atoms. The lowest BCUT2D eigenvalue weighted by molar-refractivity contribution is -0.116. The highest BCUT2D eigenvalue weighted by atomic mass is 32.1. The Bertz CT molecular complexity index is 537. The molecule has 0 fully saturated rings. The average Bonchev–Trinajstić information content (AvgIpc) is 2.81. The number of amides is 2. The lowest BCUT2D eigenvalue weighted by atomic mass is 9.85. The summed E-state index contributed by atoms with van der Waals surface area (Å²) >= 11 is 1.54. The van der Waals surface area contributed by atoms with Crippen LogP contribution in [-0.4, -0.2) is 11.8 Å². The first-order valence-electron chi connectivity index (χ1n) is 7.80. The fraction of sp³-hybridized carbons (Fsp3) is 0.625. The van der Waals surface area contributed by atoms with Crippen LogP contribution < -0.4 is 11.1 Å². The summed E-state index contributed by atoms with van der Waals surface area (Å²) in [6.07, 6.45) is 6.49. The van der Waals surface area contributed by atoms with Crippen LogP contribution in [0, 0.1) is 5.92 Å². The minimum Gasteiger partial charge on any atom is -0.365 e. The van der Waals surface area contributed by atoms with Gasteiger partial charge in [0.05, 0.1) is 5.56 Å². The van der Waals surface area contributed by atoms with Crippen molar-refractivity contribution in [2.75, 3.05) is 5.32 Å². The minimum absolute atomic E-state index is 0.0232. The van der Waals surface area contributed by atoms with Crippen molar-refractivity contribution in [2.24, 2.45) is 11.7 Å². The molecule has 2 amide bonds. The Hall–Kier alpha value is -1.36. The number of hydrogen-bond donors (Lipinski definition) is 2. The molecule has 0 aromatic carbocycles. The summed E-state index contributed by atoms with van der Waals surface area (Å²) < 4.78 is 0. The van der Waals surface area contributed by atoms with Gasteiger partial charge in [-0.1, -0.05) is 26.7 Å². The largest absolute Gasteiger partial charge is 0.365 e. The minimum atomic E-state index is -0.423. The van der Waals surface area contributed by atoms with Crippen LogP contribution in [0.5, 0.6) is 0 Å². The molecule has 1 aliphatic carbocycles. The Morgan fingerprint density at radius 2 is 2.14 bits per heavy atom. The molecule has 5 heteroatoms. The molecule has 0 radical (unpaired) electrons. The van der Waals surface area contributed by atoms with Gasteiger partial charge in [0.2, 0.25) is 5.91 Å². The Morgan fingerprint density at radius 3 is 2.76 bits per heavy atom. The Morgan fingerprint density at radius 1 is 1.38 bits per heavy atom. The number of anilines is 1. The summed E-state index contributed by atoms with van der Waals surface area (Å²) in [7, 11) is 0. The van der Waals surface area contributed by atoms with Gasteiger partial charge >= 0.3 is 0 Å². The van der Waals surface area contributed by atoms with Gasteiger partial charge in [0.25, 0.3) is 5.91 Å². The number of unbranched alkanes of at least 4 members (excludes halogenated alkanes) is 1. The third kappa shape index (κ3) is 3.64. The molecule has 116 valence electrons. The van der Waals surface area contributed by atoms with Gasteiger partial charge < -0.3 is 11.1 Å². The summed E-state index contributed by atoms with van der Waals surface area (Å²) in [5.74, 6) is 0.235. The summed E-state index contributed by atoms with van der Waals surface area (Å²) in [5.41, 5.74) is 7.17. The second-order valence-electron chi connectivity index (χ2n) is 5.74. The quantitative estimate of drug-likeness (QED) is 0.844. The molecule has 0 unspecified atom stereocenters. The molecular weight excluding hydrogens is 284 g/mol. The number of fused-ring (bicyclic) bond motifs is 1. The third-order valence-corrected chi connectivity index (χ3v) is 5.37. The second kappa shape index (κ2) is 7.07. The van der Waals surface area contributed by atoms with E-state index in [0.29, 0.717) is 22.9 Å². The first kappa shape index (κ1) is 16.0. The molecule has 1 aliphatic rings. The van der Waals surface area contributed by atoms with Crippen LogP contribution in [0.3, 0.4) is 0 Å². The van der Waals surface area contributed by atoms with Gasteiger partial charge in [0.15, 0.2) is 0 Å². The molecule has 0 bridgehead atoms. The molecule has 4 nitrogen and oxygen atoms in total. The number of hydrogen-bond acceptors (Lipinski definition) is 3. The van der Waals surface area contributed by atoms with Gasteiger partial charge in [-0.05, 0) is 37.2 Å². The van der Waals surface area contributed by atoms with E-state index in [-0.39, 0.29) is 5.91 Å². The molecule has 1 aromatic rings. The number of nitrogens with two attached hydrogens (primary N) is 1. The van der Waals surface area contributed by atoms with E-state index in [1.807, 2.05) is 0 Å². The fourth-order valence-electron chi connectivity index (χ4n) is 2.88. The fourth-order valence-corrected chi connectivity index (χ4v) is 4.26. The Balaban J connectivity index is 2.23. The predicted octanol–water partition coefficient (Wildman–Crippen LogP) is 3.49. The summed E-state index contributed by atoms with van der Waals surface area (Å²) in [6, 6.07) is 0. The standard InChI is InChI=1S/C16H24N2O2S/c1-3-5-6-13(19)18-16-14(15(17)20)11-8-7-10(4-2)9-12(11)21-16/h10H,3-9H2,1-2H3,(H2,17,20)(H,18,19)/t10-/m1/s1. The van der Waals surface area contributed by atoms with E-state index < -0.39 is 5.91 Å². The Kier molecular flexibility index (Phi) is 5.39. The molecule has 1 aromatic heterocycles. The summed E-state index contributed by atoms with van der Waals surface area (Å²) in [6.45, 7) is 4.25. The van der Waals surface area contributed by atoms with E-state index in [0.717, 1.165) is 44.1 Å². The maximum atomic E-state index is 11.9. The van der Waals surface area contributed by atoms with Gasteiger partial charge in [-0.2, -0.15) is 0 Å². The summed E-state index contributed by atoms with van der Waals surface area (Å²) in [4.78, 5) is 24.9. The predicted molar refractivity (Wildman–Crippen MR) is 86.8 cm³/mol. The topological polar surface area (TPSA) is 72.2 Å². The lowest BCUT2D eigenvalue weighted by Gasteiger charge is -2.20. The van der Waals surface area contributed by atoms with Crippen molar-refractivity contribution >= 4 is 28.2 Å². The average molecular weight is 308 g/mol. The van der Waals surface area contributed by atoms with Crippen molar-refractivity contribution in [2.45, 2.75) is 58.8 Å². The normalized spacial score (nSPS) is 17.3. The molecule has 21 heavy (non-hydrogen) atoms. The van der Waals surface area contributed by atoms with Crippen LogP contribution in [0.15, 0.2) is 0 Å². The van der Waals surface area contributed by atoms with Gasteiger partial charge in [0, 0.05) is 11.3 Å². The smallest absolute Gasteiger partial charge is 0.251 e. The zero-order valence-electron chi connectivity index (χ0n) is 12.8.